The second kappa shape index (κ2) is 5.39. The summed E-state index contributed by atoms with van der Waals surface area (Å²) in [4.78, 5) is 11.8. The van der Waals surface area contributed by atoms with Gasteiger partial charge in [0.25, 0.3) is 0 Å². The Hall–Kier alpha value is -2.24. The Kier molecular flexibility index (Phi) is 3.66. The van der Waals surface area contributed by atoms with Crippen molar-refractivity contribution in [2.24, 2.45) is 0 Å². The molecule has 2 rings (SSSR count). The Morgan fingerprint density at radius 2 is 2.22 bits per heavy atom. The van der Waals surface area contributed by atoms with E-state index in [1.54, 1.807) is 0 Å². The number of aryl methyl sites for hydroxylation is 1. The highest BCUT2D eigenvalue weighted by Gasteiger charge is 2.11. The molecule has 1 aromatic heterocycles. The molecule has 18 heavy (non-hydrogen) atoms. The lowest BCUT2D eigenvalue weighted by Crippen LogP contribution is -2.30. The zero-order valence-electron chi connectivity index (χ0n) is 10.4. The van der Waals surface area contributed by atoms with Crippen molar-refractivity contribution in [3.8, 4) is 0 Å². The highest BCUT2D eigenvalue weighted by Crippen LogP contribution is 2.16. The summed E-state index contributed by atoms with van der Waals surface area (Å²) >= 11 is 0. The molecule has 1 aromatic carbocycles. The van der Waals surface area contributed by atoms with Gasteiger partial charge in [-0.3, -0.25) is 4.79 Å². The van der Waals surface area contributed by atoms with Crippen molar-refractivity contribution in [2.45, 2.75) is 26.4 Å². The van der Waals surface area contributed by atoms with E-state index in [-0.39, 0.29) is 18.5 Å². The maximum Gasteiger partial charge on any atom is 0.242 e. The van der Waals surface area contributed by atoms with Crippen molar-refractivity contribution in [2.75, 3.05) is 0 Å². The fourth-order valence-electron chi connectivity index (χ4n) is 1.84. The monoisotopic (exact) mass is 245 g/mol. The van der Waals surface area contributed by atoms with Gasteiger partial charge in [0.15, 0.2) is 0 Å². The van der Waals surface area contributed by atoms with E-state index in [4.69, 9.17) is 0 Å². The minimum atomic E-state index is -0.113. The second-order valence-corrected chi connectivity index (χ2v) is 4.15. The number of benzene rings is 1. The third kappa shape index (κ3) is 2.91. The molecule has 0 saturated carbocycles. The van der Waals surface area contributed by atoms with Crippen LogP contribution < -0.4 is 5.32 Å². The first-order valence-corrected chi connectivity index (χ1v) is 5.72. The summed E-state index contributed by atoms with van der Waals surface area (Å²) in [6.07, 6.45) is 1.41. The van der Waals surface area contributed by atoms with Gasteiger partial charge in [-0.15, -0.1) is 5.10 Å². The Labute approximate surface area is 105 Å². The molecule has 2 aromatic rings. The molecular formula is C12H15N5O. The number of nitrogens with zero attached hydrogens (tertiary/aromatic N) is 4. The summed E-state index contributed by atoms with van der Waals surface area (Å²) in [6, 6.07) is 7.95. The van der Waals surface area contributed by atoms with Crippen molar-refractivity contribution in [3.63, 3.8) is 0 Å². The van der Waals surface area contributed by atoms with Crippen LogP contribution >= 0.6 is 0 Å². The Morgan fingerprint density at radius 3 is 2.89 bits per heavy atom. The van der Waals surface area contributed by atoms with Crippen LogP contribution in [0, 0.1) is 6.92 Å². The number of amides is 1. The molecule has 0 spiro atoms. The lowest BCUT2D eigenvalue weighted by atomic mass is 10.0. The van der Waals surface area contributed by atoms with Crippen LogP contribution in [-0.4, -0.2) is 26.1 Å². The van der Waals surface area contributed by atoms with Gasteiger partial charge in [0.05, 0.1) is 6.04 Å². The predicted octanol–water partition coefficient (Wildman–Crippen LogP) is 0.859. The van der Waals surface area contributed by atoms with E-state index in [1.807, 2.05) is 38.1 Å². The molecule has 6 nitrogen and oxygen atoms in total. The first-order valence-electron chi connectivity index (χ1n) is 5.72. The Balaban J connectivity index is 1.97. The van der Waals surface area contributed by atoms with Crippen molar-refractivity contribution in [1.29, 1.82) is 0 Å². The molecule has 0 aliphatic heterocycles. The second-order valence-electron chi connectivity index (χ2n) is 4.15. The molecule has 1 unspecified atom stereocenters. The van der Waals surface area contributed by atoms with Crippen LogP contribution in [0.1, 0.15) is 24.1 Å². The molecule has 94 valence electrons. The molecule has 0 radical (unpaired) electrons. The normalized spacial score (nSPS) is 12.1. The van der Waals surface area contributed by atoms with E-state index >= 15 is 0 Å². The maximum absolute atomic E-state index is 11.8. The van der Waals surface area contributed by atoms with Crippen LogP contribution in [-0.2, 0) is 11.3 Å². The molecule has 6 heteroatoms. The summed E-state index contributed by atoms with van der Waals surface area (Å²) in [7, 11) is 0. The van der Waals surface area contributed by atoms with Gasteiger partial charge < -0.3 is 5.32 Å². The number of hydrogen-bond donors (Lipinski definition) is 1. The lowest BCUT2D eigenvalue weighted by molar-refractivity contribution is -0.122. The molecule has 1 heterocycles. The summed E-state index contributed by atoms with van der Waals surface area (Å²) in [5.41, 5.74) is 2.27. The largest absolute Gasteiger partial charge is 0.348 e. The Morgan fingerprint density at radius 1 is 1.44 bits per heavy atom. The zero-order chi connectivity index (χ0) is 13.0. The molecule has 0 saturated heterocycles. The van der Waals surface area contributed by atoms with Gasteiger partial charge >= 0.3 is 0 Å². The topological polar surface area (TPSA) is 72.7 Å². The van der Waals surface area contributed by atoms with Crippen LogP contribution in [0.4, 0.5) is 0 Å². The van der Waals surface area contributed by atoms with Crippen molar-refractivity contribution < 1.29 is 4.79 Å². The van der Waals surface area contributed by atoms with E-state index in [9.17, 15) is 4.79 Å². The molecule has 0 bridgehead atoms. The van der Waals surface area contributed by atoms with Crippen molar-refractivity contribution >= 4 is 5.91 Å². The lowest BCUT2D eigenvalue weighted by Gasteiger charge is -2.16. The zero-order valence-corrected chi connectivity index (χ0v) is 10.4. The minimum Gasteiger partial charge on any atom is -0.348 e. The third-order valence-electron chi connectivity index (χ3n) is 2.73. The summed E-state index contributed by atoms with van der Waals surface area (Å²) in [5.74, 6) is -0.113. The van der Waals surface area contributed by atoms with E-state index in [1.165, 1.54) is 11.0 Å². The number of carbonyl (C=O) groups excluding carboxylic acids is 1. The molecular weight excluding hydrogens is 230 g/mol. The molecule has 1 atom stereocenters. The quantitative estimate of drug-likeness (QED) is 0.867. The number of aromatic nitrogens is 4. The molecule has 0 aliphatic carbocycles. The number of carbonyl (C=O) groups is 1. The first kappa shape index (κ1) is 12.2. The van der Waals surface area contributed by atoms with E-state index in [0.29, 0.717) is 0 Å². The van der Waals surface area contributed by atoms with Crippen LogP contribution in [0.3, 0.4) is 0 Å². The molecule has 0 aliphatic rings. The average molecular weight is 245 g/mol. The van der Waals surface area contributed by atoms with Crippen molar-refractivity contribution in [3.05, 3.63) is 41.7 Å². The number of nitrogens with one attached hydrogen (secondary N) is 1. The van der Waals surface area contributed by atoms with Gasteiger partial charge in [-0.1, -0.05) is 24.3 Å². The van der Waals surface area contributed by atoms with Crippen LogP contribution in [0.2, 0.25) is 0 Å². The fourth-order valence-corrected chi connectivity index (χ4v) is 1.84. The molecule has 0 fully saturated rings. The number of tetrazole rings is 1. The van der Waals surface area contributed by atoms with E-state index < -0.39 is 0 Å². The summed E-state index contributed by atoms with van der Waals surface area (Å²) < 4.78 is 1.39. The van der Waals surface area contributed by atoms with Crippen molar-refractivity contribution in [1.82, 2.24) is 25.5 Å². The average Bonchev–Trinajstić information content (AvgIpc) is 2.82. The summed E-state index contributed by atoms with van der Waals surface area (Å²) in [6.45, 7) is 4.11. The Bertz CT molecular complexity index is 523. The molecule has 1 N–H and O–H groups in total. The highest BCUT2D eigenvalue weighted by molar-refractivity contribution is 5.76. The van der Waals surface area contributed by atoms with Crippen LogP contribution in [0.25, 0.3) is 0 Å². The fraction of sp³-hybridized carbons (Fsp3) is 0.333. The third-order valence-corrected chi connectivity index (χ3v) is 2.73. The van der Waals surface area contributed by atoms with Gasteiger partial charge in [-0.25, -0.2) is 4.68 Å². The van der Waals surface area contributed by atoms with Crippen LogP contribution in [0.5, 0.6) is 0 Å². The van der Waals surface area contributed by atoms with E-state index in [0.717, 1.165) is 11.1 Å². The smallest absolute Gasteiger partial charge is 0.242 e. The summed E-state index contributed by atoms with van der Waals surface area (Å²) in [5, 5.41) is 13.5. The van der Waals surface area contributed by atoms with Gasteiger partial charge in [-0.2, -0.15) is 0 Å². The van der Waals surface area contributed by atoms with Gasteiger partial charge in [0.2, 0.25) is 5.91 Å². The first-order chi connectivity index (χ1) is 8.66. The van der Waals surface area contributed by atoms with Gasteiger partial charge in [-0.05, 0) is 35.4 Å². The molecule has 1 amide bonds. The maximum atomic E-state index is 11.8. The highest BCUT2D eigenvalue weighted by atomic mass is 16.2. The predicted molar refractivity (Wildman–Crippen MR) is 65.6 cm³/mol. The van der Waals surface area contributed by atoms with E-state index in [2.05, 4.69) is 20.8 Å². The van der Waals surface area contributed by atoms with Gasteiger partial charge in [0.1, 0.15) is 12.9 Å². The SMILES string of the molecule is Cc1ccccc1C(C)NC(=O)Cn1cnnn1. The number of hydrogen-bond acceptors (Lipinski definition) is 4. The standard InChI is InChI=1S/C12H15N5O/c1-9-5-3-4-6-11(9)10(2)14-12(18)7-17-8-13-15-16-17/h3-6,8,10H,7H2,1-2H3,(H,14,18). The van der Waals surface area contributed by atoms with Crippen LogP contribution in [0.15, 0.2) is 30.6 Å². The van der Waals surface area contributed by atoms with Gasteiger partial charge in [0, 0.05) is 0 Å². The minimum absolute atomic E-state index is 0.0322. The number of rotatable bonds is 4.